The summed E-state index contributed by atoms with van der Waals surface area (Å²) >= 11 is 0. The Labute approximate surface area is 189 Å². The Morgan fingerprint density at radius 1 is 0.781 bits per heavy atom. The van der Waals surface area contributed by atoms with E-state index in [1.807, 2.05) is 66.7 Å². The zero-order valence-electron chi connectivity index (χ0n) is 17.9. The summed E-state index contributed by atoms with van der Waals surface area (Å²) in [5.74, 6) is 0.855. The predicted octanol–water partition coefficient (Wildman–Crippen LogP) is 4.98. The maximum absolute atomic E-state index is 12.9. The number of methoxy groups -OCH3 is 1. The normalized spacial score (nSPS) is 11.4. The summed E-state index contributed by atoms with van der Waals surface area (Å²) in [5.41, 5.74) is 2.76. The Morgan fingerprint density at radius 2 is 1.56 bits per heavy atom. The average molecular weight is 447 g/mol. The first-order valence-corrected chi connectivity index (χ1v) is 12.0. The number of ether oxygens (including phenoxy) is 1. The molecule has 2 N–H and O–H groups in total. The van der Waals surface area contributed by atoms with Crippen molar-refractivity contribution in [1.29, 1.82) is 0 Å². The minimum atomic E-state index is -3.67. The molecule has 0 fully saturated rings. The molecule has 0 unspecified atom stereocenters. The monoisotopic (exact) mass is 446 g/mol. The Morgan fingerprint density at radius 3 is 2.41 bits per heavy atom. The van der Waals surface area contributed by atoms with Crippen LogP contribution in [0, 0.1) is 0 Å². The molecular formula is C26H26N2O3S. The molecule has 5 nitrogen and oxygen atoms in total. The summed E-state index contributed by atoms with van der Waals surface area (Å²) in [6.45, 7) is 1.45. The van der Waals surface area contributed by atoms with E-state index in [4.69, 9.17) is 4.74 Å². The molecule has 0 aliphatic heterocycles. The van der Waals surface area contributed by atoms with E-state index in [1.54, 1.807) is 25.3 Å². The second-order valence-corrected chi connectivity index (χ2v) is 9.28. The van der Waals surface area contributed by atoms with Gasteiger partial charge in [-0.2, -0.15) is 0 Å². The first-order valence-electron chi connectivity index (χ1n) is 10.5. The molecule has 164 valence electrons. The van der Waals surface area contributed by atoms with Crippen LogP contribution in [0.5, 0.6) is 5.75 Å². The van der Waals surface area contributed by atoms with E-state index in [0.717, 1.165) is 35.1 Å². The fraction of sp³-hybridized carbons (Fsp3) is 0.154. The molecule has 0 bridgehead atoms. The molecule has 0 spiro atoms. The molecule has 4 rings (SSSR count). The van der Waals surface area contributed by atoms with Crippen LogP contribution in [0.15, 0.2) is 95.9 Å². The molecule has 0 aliphatic rings. The average Bonchev–Trinajstić information content (AvgIpc) is 2.81. The number of benzene rings is 4. The van der Waals surface area contributed by atoms with Crippen molar-refractivity contribution < 1.29 is 13.2 Å². The van der Waals surface area contributed by atoms with E-state index >= 15 is 0 Å². The van der Waals surface area contributed by atoms with Crippen molar-refractivity contribution in [3.63, 3.8) is 0 Å². The van der Waals surface area contributed by atoms with Gasteiger partial charge in [-0.15, -0.1) is 0 Å². The summed E-state index contributed by atoms with van der Waals surface area (Å²) in [6.07, 6.45) is 0.880. The summed E-state index contributed by atoms with van der Waals surface area (Å²) in [6, 6.07) is 28.3. The van der Waals surface area contributed by atoms with Gasteiger partial charge < -0.3 is 10.1 Å². The third-order valence-electron chi connectivity index (χ3n) is 5.26. The van der Waals surface area contributed by atoms with Crippen molar-refractivity contribution >= 4 is 26.5 Å². The number of rotatable bonds is 9. The lowest BCUT2D eigenvalue weighted by atomic mass is 10.1. The van der Waals surface area contributed by atoms with Crippen LogP contribution >= 0.6 is 0 Å². The molecule has 0 heterocycles. The van der Waals surface area contributed by atoms with Gasteiger partial charge in [0.25, 0.3) is 10.0 Å². The molecule has 32 heavy (non-hydrogen) atoms. The van der Waals surface area contributed by atoms with E-state index in [-0.39, 0.29) is 4.90 Å². The van der Waals surface area contributed by atoms with Crippen LogP contribution in [0.4, 0.5) is 5.69 Å². The predicted molar refractivity (Wildman–Crippen MR) is 130 cm³/mol. The molecular weight excluding hydrogens is 420 g/mol. The first-order chi connectivity index (χ1) is 15.5. The van der Waals surface area contributed by atoms with Crippen molar-refractivity contribution in [3.05, 3.63) is 102 Å². The molecule has 4 aromatic carbocycles. The lowest BCUT2D eigenvalue weighted by molar-refractivity contribution is 0.414. The van der Waals surface area contributed by atoms with Gasteiger partial charge in [-0.3, -0.25) is 4.72 Å². The van der Waals surface area contributed by atoms with E-state index in [9.17, 15) is 8.42 Å². The van der Waals surface area contributed by atoms with E-state index in [1.165, 1.54) is 5.56 Å². The van der Waals surface area contributed by atoms with Gasteiger partial charge in [0.1, 0.15) is 5.75 Å². The maximum Gasteiger partial charge on any atom is 0.261 e. The summed E-state index contributed by atoms with van der Waals surface area (Å²) in [5, 5.41) is 5.31. The fourth-order valence-electron chi connectivity index (χ4n) is 3.59. The molecule has 0 aliphatic carbocycles. The smallest absolute Gasteiger partial charge is 0.261 e. The van der Waals surface area contributed by atoms with Crippen LogP contribution in [0.25, 0.3) is 10.8 Å². The van der Waals surface area contributed by atoms with Crippen LogP contribution in [-0.2, 0) is 23.0 Å². The Kier molecular flexibility index (Phi) is 6.73. The van der Waals surface area contributed by atoms with Crippen molar-refractivity contribution in [2.45, 2.75) is 17.9 Å². The Bertz CT molecular complexity index is 1320. The van der Waals surface area contributed by atoms with Crippen LogP contribution < -0.4 is 14.8 Å². The number of nitrogens with one attached hydrogen (secondary N) is 2. The molecule has 0 aromatic heterocycles. The second-order valence-electron chi connectivity index (χ2n) is 7.59. The van der Waals surface area contributed by atoms with Crippen molar-refractivity contribution in [1.82, 2.24) is 5.32 Å². The zero-order valence-corrected chi connectivity index (χ0v) is 18.7. The minimum Gasteiger partial charge on any atom is -0.497 e. The van der Waals surface area contributed by atoms with Crippen molar-refractivity contribution in [2.24, 2.45) is 0 Å². The highest BCUT2D eigenvalue weighted by Gasteiger charge is 2.15. The third kappa shape index (κ3) is 5.46. The number of hydrogen-bond donors (Lipinski definition) is 2. The zero-order chi connectivity index (χ0) is 22.4. The minimum absolute atomic E-state index is 0.248. The van der Waals surface area contributed by atoms with E-state index in [2.05, 4.69) is 16.1 Å². The van der Waals surface area contributed by atoms with Gasteiger partial charge >= 0.3 is 0 Å². The molecule has 4 aromatic rings. The standard InChI is InChI=1S/C26H26N2O3S/c1-31-25-11-5-6-20(17-25)14-15-27-19-21-7-4-10-24(16-21)28-32(29,30)26-13-12-22-8-2-3-9-23(22)18-26/h2-13,16-18,27-28H,14-15,19H2,1H3. The van der Waals surface area contributed by atoms with Gasteiger partial charge in [0.05, 0.1) is 12.0 Å². The molecule has 0 saturated heterocycles. The largest absolute Gasteiger partial charge is 0.497 e. The van der Waals surface area contributed by atoms with Crippen LogP contribution in [0.3, 0.4) is 0 Å². The van der Waals surface area contributed by atoms with Crippen molar-refractivity contribution in [2.75, 3.05) is 18.4 Å². The number of fused-ring (bicyclic) bond motifs is 1. The highest BCUT2D eigenvalue weighted by molar-refractivity contribution is 7.92. The van der Waals surface area contributed by atoms with Gasteiger partial charge in [0.15, 0.2) is 0 Å². The Hall–Kier alpha value is -3.35. The van der Waals surface area contributed by atoms with Crippen molar-refractivity contribution in [3.8, 4) is 5.75 Å². The van der Waals surface area contributed by atoms with E-state index in [0.29, 0.717) is 12.2 Å². The molecule has 0 radical (unpaired) electrons. The highest BCUT2D eigenvalue weighted by atomic mass is 32.2. The van der Waals surface area contributed by atoms with Gasteiger partial charge in [0.2, 0.25) is 0 Å². The van der Waals surface area contributed by atoms with E-state index < -0.39 is 10.0 Å². The SMILES string of the molecule is COc1cccc(CCNCc2cccc(NS(=O)(=O)c3ccc4ccccc4c3)c2)c1. The topological polar surface area (TPSA) is 67.4 Å². The summed E-state index contributed by atoms with van der Waals surface area (Å²) in [7, 11) is -2.01. The van der Waals surface area contributed by atoms with Crippen LogP contribution in [-0.4, -0.2) is 22.1 Å². The molecule has 0 amide bonds. The highest BCUT2D eigenvalue weighted by Crippen LogP contribution is 2.22. The second kappa shape index (κ2) is 9.85. The lowest BCUT2D eigenvalue weighted by Crippen LogP contribution is -2.17. The van der Waals surface area contributed by atoms with Gasteiger partial charge in [-0.1, -0.05) is 54.6 Å². The summed E-state index contributed by atoms with van der Waals surface area (Å²) in [4.78, 5) is 0.248. The lowest BCUT2D eigenvalue weighted by Gasteiger charge is -2.11. The van der Waals surface area contributed by atoms with Gasteiger partial charge in [0, 0.05) is 12.2 Å². The number of sulfonamides is 1. The third-order valence-corrected chi connectivity index (χ3v) is 6.64. The number of hydrogen-bond acceptors (Lipinski definition) is 4. The Balaban J connectivity index is 1.37. The maximum atomic E-state index is 12.9. The van der Waals surface area contributed by atoms with Gasteiger partial charge in [-0.05, 0) is 71.3 Å². The quantitative estimate of drug-likeness (QED) is 0.356. The molecule has 0 atom stereocenters. The fourth-order valence-corrected chi connectivity index (χ4v) is 4.67. The molecule has 6 heteroatoms. The molecule has 0 saturated carbocycles. The van der Waals surface area contributed by atoms with Gasteiger partial charge in [-0.25, -0.2) is 8.42 Å². The van der Waals surface area contributed by atoms with Crippen LogP contribution in [0.1, 0.15) is 11.1 Å². The number of anilines is 1. The first kappa shape index (κ1) is 21.9. The summed E-state index contributed by atoms with van der Waals surface area (Å²) < 4.78 is 33.7. The van der Waals surface area contributed by atoms with Crippen LogP contribution in [0.2, 0.25) is 0 Å².